The zero-order valence-corrected chi connectivity index (χ0v) is 14.6. The third-order valence-electron chi connectivity index (χ3n) is 2.80. The van der Waals surface area contributed by atoms with E-state index in [4.69, 9.17) is 0 Å². The summed E-state index contributed by atoms with van der Waals surface area (Å²) in [5, 5.41) is 13.6. The van der Waals surface area contributed by atoms with Crippen molar-refractivity contribution in [2.45, 2.75) is 6.92 Å². The van der Waals surface area contributed by atoms with Crippen molar-refractivity contribution >= 4 is 44.0 Å². The molecule has 0 spiro atoms. The molecule has 2 aromatic rings. The number of carbonyl (C=O) groups excluding carboxylic acids is 1. The molecular weight excluding hydrogens is 419 g/mol. The van der Waals surface area contributed by atoms with E-state index in [0.717, 1.165) is 10.0 Å². The van der Waals surface area contributed by atoms with E-state index >= 15 is 0 Å². The SMILES string of the molecule is Cc1ccc(C(=O)N/N=C/c2cc(Br)cc(Br)c2O)c(F)c1. The van der Waals surface area contributed by atoms with E-state index in [-0.39, 0.29) is 11.3 Å². The van der Waals surface area contributed by atoms with Gasteiger partial charge in [0.2, 0.25) is 0 Å². The standard InChI is InChI=1S/C15H11Br2FN2O2/c1-8-2-3-11(13(18)4-8)15(22)20-19-7-9-5-10(16)6-12(17)14(9)21/h2-7,21H,1H3,(H,20,22)/b19-7+. The predicted molar refractivity (Wildman–Crippen MR) is 89.7 cm³/mol. The molecule has 0 aliphatic heterocycles. The monoisotopic (exact) mass is 428 g/mol. The first-order chi connectivity index (χ1) is 10.4. The second-order valence-corrected chi connectivity index (χ2v) is 6.28. The second-order valence-electron chi connectivity index (χ2n) is 4.51. The van der Waals surface area contributed by atoms with E-state index in [1.54, 1.807) is 25.1 Å². The molecule has 0 aliphatic rings. The first-order valence-corrected chi connectivity index (χ1v) is 7.74. The third-order valence-corrected chi connectivity index (χ3v) is 3.86. The number of rotatable bonds is 3. The molecule has 0 heterocycles. The fraction of sp³-hybridized carbons (Fsp3) is 0.0667. The van der Waals surface area contributed by atoms with Gasteiger partial charge in [0.15, 0.2) is 0 Å². The minimum Gasteiger partial charge on any atom is -0.506 e. The molecule has 7 heteroatoms. The number of phenolic OH excluding ortho intramolecular Hbond substituents is 1. The molecule has 1 amide bonds. The van der Waals surface area contributed by atoms with Gasteiger partial charge in [-0.25, -0.2) is 9.82 Å². The van der Waals surface area contributed by atoms with Gasteiger partial charge in [0.1, 0.15) is 11.6 Å². The van der Waals surface area contributed by atoms with E-state index in [1.165, 1.54) is 18.3 Å². The molecule has 4 nitrogen and oxygen atoms in total. The Hall–Kier alpha value is -1.73. The lowest BCUT2D eigenvalue weighted by Gasteiger charge is -2.04. The number of aromatic hydroxyl groups is 1. The van der Waals surface area contributed by atoms with Crippen LogP contribution in [0, 0.1) is 12.7 Å². The van der Waals surface area contributed by atoms with Crippen molar-refractivity contribution < 1.29 is 14.3 Å². The molecule has 0 aliphatic carbocycles. The summed E-state index contributed by atoms with van der Waals surface area (Å²) in [4.78, 5) is 11.8. The van der Waals surface area contributed by atoms with Crippen LogP contribution in [0.2, 0.25) is 0 Å². The quantitative estimate of drug-likeness (QED) is 0.569. The number of hydrogen-bond acceptors (Lipinski definition) is 3. The highest BCUT2D eigenvalue weighted by Gasteiger charge is 2.11. The van der Waals surface area contributed by atoms with E-state index in [0.29, 0.717) is 10.0 Å². The van der Waals surface area contributed by atoms with Crippen molar-refractivity contribution in [3.05, 3.63) is 61.8 Å². The van der Waals surface area contributed by atoms with Crippen LogP contribution in [0.15, 0.2) is 44.4 Å². The van der Waals surface area contributed by atoms with E-state index in [2.05, 4.69) is 42.4 Å². The number of nitrogens with zero attached hydrogens (tertiary/aromatic N) is 1. The normalized spacial score (nSPS) is 10.9. The molecule has 2 rings (SSSR count). The number of nitrogens with one attached hydrogen (secondary N) is 1. The van der Waals surface area contributed by atoms with Crippen molar-refractivity contribution in [2.75, 3.05) is 0 Å². The van der Waals surface area contributed by atoms with Gasteiger partial charge >= 0.3 is 0 Å². The number of aryl methyl sites for hydroxylation is 1. The molecule has 0 saturated heterocycles. The Morgan fingerprint density at radius 3 is 2.73 bits per heavy atom. The first kappa shape index (κ1) is 16.6. The number of amides is 1. The maximum Gasteiger partial charge on any atom is 0.274 e. The van der Waals surface area contributed by atoms with Crippen molar-refractivity contribution in [1.82, 2.24) is 5.43 Å². The van der Waals surface area contributed by atoms with E-state index in [1.807, 2.05) is 0 Å². The Bertz CT molecular complexity index is 763. The van der Waals surface area contributed by atoms with Crippen LogP contribution in [-0.4, -0.2) is 17.2 Å². The highest BCUT2D eigenvalue weighted by Crippen LogP contribution is 2.30. The molecule has 0 aromatic heterocycles. The van der Waals surface area contributed by atoms with Crippen LogP contribution in [0.3, 0.4) is 0 Å². The van der Waals surface area contributed by atoms with Crippen LogP contribution in [0.4, 0.5) is 4.39 Å². The first-order valence-electron chi connectivity index (χ1n) is 6.16. The van der Waals surface area contributed by atoms with Gasteiger partial charge in [-0.15, -0.1) is 0 Å². The molecule has 22 heavy (non-hydrogen) atoms. The van der Waals surface area contributed by atoms with Crippen LogP contribution in [0.1, 0.15) is 21.5 Å². The largest absolute Gasteiger partial charge is 0.506 e. The molecular formula is C15H11Br2FN2O2. The zero-order valence-electron chi connectivity index (χ0n) is 11.4. The molecule has 0 unspecified atom stereocenters. The molecule has 2 aromatic carbocycles. The highest BCUT2D eigenvalue weighted by molar-refractivity contribution is 9.11. The van der Waals surface area contributed by atoms with Crippen molar-refractivity contribution in [2.24, 2.45) is 5.10 Å². The summed E-state index contributed by atoms with van der Waals surface area (Å²) in [6.45, 7) is 1.73. The molecule has 0 saturated carbocycles. The zero-order chi connectivity index (χ0) is 16.3. The fourth-order valence-electron chi connectivity index (χ4n) is 1.71. The average Bonchev–Trinajstić information content (AvgIpc) is 2.43. The molecule has 0 atom stereocenters. The maximum absolute atomic E-state index is 13.7. The van der Waals surface area contributed by atoms with Crippen LogP contribution in [0.25, 0.3) is 0 Å². The maximum atomic E-state index is 13.7. The van der Waals surface area contributed by atoms with Gasteiger partial charge < -0.3 is 5.11 Å². The van der Waals surface area contributed by atoms with Gasteiger partial charge in [0.05, 0.1) is 16.3 Å². The Morgan fingerprint density at radius 2 is 2.05 bits per heavy atom. The summed E-state index contributed by atoms with van der Waals surface area (Å²) >= 11 is 6.47. The van der Waals surface area contributed by atoms with Gasteiger partial charge in [0, 0.05) is 10.0 Å². The summed E-state index contributed by atoms with van der Waals surface area (Å²) in [5.41, 5.74) is 3.25. The van der Waals surface area contributed by atoms with Crippen LogP contribution >= 0.6 is 31.9 Å². The number of hydrogen-bond donors (Lipinski definition) is 2. The Labute approximate surface area is 143 Å². The van der Waals surface area contributed by atoms with Gasteiger partial charge in [-0.3, -0.25) is 4.79 Å². The molecule has 0 fully saturated rings. The number of phenols is 1. The van der Waals surface area contributed by atoms with Crippen LogP contribution < -0.4 is 5.43 Å². The summed E-state index contributed by atoms with van der Waals surface area (Å²) in [6.07, 6.45) is 1.27. The lowest BCUT2D eigenvalue weighted by atomic mass is 10.1. The van der Waals surface area contributed by atoms with Crippen molar-refractivity contribution in [3.63, 3.8) is 0 Å². The van der Waals surface area contributed by atoms with E-state index < -0.39 is 11.7 Å². The molecule has 114 valence electrons. The summed E-state index contributed by atoms with van der Waals surface area (Å²) in [5.74, 6) is -1.29. The fourth-order valence-corrected chi connectivity index (χ4v) is 2.97. The second kappa shape index (κ2) is 7.02. The Kier molecular flexibility index (Phi) is 5.31. The van der Waals surface area contributed by atoms with E-state index in [9.17, 15) is 14.3 Å². The summed E-state index contributed by atoms with van der Waals surface area (Å²) < 4.78 is 14.9. The van der Waals surface area contributed by atoms with Crippen LogP contribution in [0.5, 0.6) is 5.75 Å². The number of halogens is 3. The lowest BCUT2D eigenvalue weighted by Crippen LogP contribution is -2.19. The van der Waals surface area contributed by atoms with Gasteiger partial charge in [-0.2, -0.15) is 5.10 Å². The summed E-state index contributed by atoms with van der Waals surface area (Å²) in [6, 6.07) is 7.60. The average molecular weight is 430 g/mol. The predicted octanol–water partition coefficient (Wildman–Crippen LogP) is 4.13. The summed E-state index contributed by atoms with van der Waals surface area (Å²) in [7, 11) is 0. The molecule has 2 N–H and O–H groups in total. The van der Waals surface area contributed by atoms with Crippen molar-refractivity contribution in [1.29, 1.82) is 0 Å². The Balaban J connectivity index is 2.14. The minimum absolute atomic E-state index is 0.0114. The van der Waals surface area contributed by atoms with Gasteiger partial charge in [-0.1, -0.05) is 22.0 Å². The third kappa shape index (κ3) is 3.92. The Morgan fingerprint density at radius 1 is 1.32 bits per heavy atom. The number of carbonyl (C=O) groups is 1. The molecule has 0 radical (unpaired) electrons. The molecule has 0 bridgehead atoms. The van der Waals surface area contributed by atoms with Crippen molar-refractivity contribution in [3.8, 4) is 5.75 Å². The van der Waals surface area contributed by atoms with Gasteiger partial charge in [0.25, 0.3) is 5.91 Å². The number of benzene rings is 2. The lowest BCUT2D eigenvalue weighted by molar-refractivity contribution is 0.0951. The minimum atomic E-state index is -0.665. The number of hydrazone groups is 1. The van der Waals surface area contributed by atoms with Gasteiger partial charge in [-0.05, 0) is 52.7 Å². The highest BCUT2D eigenvalue weighted by atomic mass is 79.9. The smallest absolute Gasteiger partial charge is 0.274 e. The topological polar surface area (TPSA) is 61.7 Å². The van der Waals surface area contributed by atoms with Crippen LogP contribution in [-0.2, 0) is 0 Å².